The molecule has 1 aliphatic heterocycles. The van der Waals surface area contributed by atoms with Crippen LogP contribution in [0.4, 0.5) is 5.69 Å². The second kappa shape index (κ2) is 9.33. The molecule has 0 aliphatic carbocycles. The van der Waals surface area contributed by atoms with E-state index in [1.54, 1.807) is 36.4 Å². The Labute approximate surface area is 160 Å². The van der Waals surface area contributed by atoms with E-state index in [4.69, 9.17) is 0 Å². The summed E-state index contributed by atoms with van der Waals surface area (Å²) < 4.78 is 0. The highest BCUT2D eigenvalue weighted by molar-refractivity contribution is 6.04. The molecule has 0 aromatic heterocycles. The quantitative estimate of drug-likeness (QED) is 0.825. The van der Waals surface area contributed by atoms with E-state index in [1.807, 2.05) is 30.1 Å². The van der Waals surface area contributed by atoms with Gasteiger partial charge in [-0.25, -0.2) is 0 Å². The number of amides is 2. The summed E-state index contributed by atoms with van der Waals surface area (Å²) in [6, 6.07) is 16.2. The fourth-order valence-electron chi connectivity index (χ4n) is 3.44. The largest absolute Gasteiger partial charge is 0.339 e. The van der Waals surface area contributed by atoms with Gasteiger partial charge in [-0.3, -0.25) is 9.59 Å². The van der Waals surface area contributed by atoms with Crippen LogP contribution in [0.15, 0.2) is 54.6 Å². The first-order valence-corrected chi connectivity index (χ1v) is 9.57. The van der Waals surface area contributed by atoms with Crippen LogP contribution in [0.5, 0.6) is 0 Å². The van der Waals surface area contributed by atoms with Crippen LogP contribution in [0, 0.1) is 5.92 Å². The van der Waals surface area contributed by atoms with E-state index in [-0.39, 0.29) is 11.8 Å². The monoisotopic (exact) mass is 365 g/mol. The van der Waals surface area contributed by atoms with Gasteiger partial charge >= 0.3 is 0 Å². The standard InChI is InChI=1S/C22H27N3O2/c1-23-14-11-17-12-15-25(16-13-17)22(27)19-7-9-20(10-8-19)24-21(26)18-5-3-2-4-6-18/h2-10,17,23H,11-16H2,1H3,(H,24,26). The third-order valence-electron chi connectivity index (χ3n) is 5.13. The first kappa shape index (κ1) is 19.1. The lowest BCUT2D eigenvalue weighted by molar-refractivity contribution is 0.0687. The molecule has 0 saturated carbocycles. The predicted octanol–water partition coefficient (Wildman–Crippen LogP) is 3.40. The molecular weight excluding hydrogens is 338 g/mol. The zero-order valence-corrected chi connectivity index (χ0v) is 15.8. The summed E-state index contributed by atoms with van der Waals surface area (Å²) in [6.45, 7) is 2.67. The molecule has 0 spiro atoms. The first-order valence-electron chi connectivity index (χ1n) is 9.57. The average Bonchev–Trinajstić information content (AvgIpc) is 2.73. The summed E-state index contributed by atoms with van der Waals surface area (Å²) in [5, 5.41) is 6.05. The molecule has 1 saturated heterocycles. The Morgan fingerprint density at radius 2 is 1.63 bits per heavy atom. The number of nitrogens with zero attached hydrogens (tertiary/aromatic N) is 1. The van der Waals surface area contributed by atoms with Crippen molar-refractivity contribution in [2.24, 2.45) is 5.92 Å². The van der Waals surface area contributed by atoms with Gasteiger partial charge in [-0.05, 0) is 75.2 Å². The molecule has 0 radical (unpaired) electrons. The van der Waals surface area contributed by atoms with Crippen LogP contribution in [-0.4, -0.2) is 43.4 Å². The summed E-state index contributed by atoms with van der Waals surface area (Å²) in [7, 11) is 1.98. The minimum Gasteiger partial charge on any atom is -0.339 e. The minimum atomic E-state index is -0.154. The van der Waals surface area contributed by atoms with E-state index in [0.29, 0.717) is 22.7 Å². The third-order valence-corrected chi connectivity index (χ3v) is 5.13. The Morgan fingerprint density at radius 3 is 2.26 bits per heavy atom. The summed E-state index contributed by atoms with van der Waals surface area (Å²) in [5.74, 6) is 0.624. The predicted molar refractivity (Wildman–Crippen MR) is 108 cm³/mol. The van der Waals surface area contributed by atoms with Gasteiger partial charge in [0, 0.05) is 29.9 Å². The Hall–Kier alpha value is -2.66. The van der Waals surface area contributed by atoms with Gasteiger partial charge in [0.25, 0.3) is 11.8 Å². The lowest BCUT2D eigenvalue weighted by Gasteiger charge is -2.32. The molecule has 0 unspecified atom stereocenters. The molecule has 1 heterocycles. The molecule has 5 nitrogen and oxygen atoms in total. The van der Waals surface area contributed by atoms with Gasteiger partial charge in [-0.2, -0.15) is 0 Å². The van der Waals surface area contributed by atoms with Crippen molar-refractivity contribution in [1.29, 1.82) is 0 Å². The second-order valence-electron chi connectivity index (χ2n) is 7.03. The molecule has 5 heteroatoms. The number of carbonyl (C=O) groups excluding carboxylic acids is 2. The van der Waals surface area contributed by atoms with Gasteiger partial charge in [0.15, 0.2) is 0 Å². The van der Waals surface area contributed by atoms with E-state index in [9.17, 15) is 9.59 Å². The van der Waals surface area contributed by atoms with Gasteiger partial charge < -0.3 is 15.5 Å². The maximum atomic E-state index is 12.7. The molecule has 142 valence electrons. The smallest absolute Gasteiger partial charge is 0.255 e. The van der Waals surface area contributed by atoms with Crippen LogP contribution in [0.3, 0.4) is 0 Å². The van der Waals surface area contributed by atoms with Gasteiger partial charge in [-0.1, -0.05) is 18.2 Å². The minimum absolute atomic E-state index is 0.0722. The number of hydrogen-bond donors (Lipinski definition) is 2. The molecule has 2 amide bonds. The average molecular weight is 365 g/mol. The fourth-order valence-corrected chi connectivity index (χ4v) is 3.44. The molecule has 1 aliphatic rings. The number of hydrogen-bond acceptors (Lipinski definition) is 3. The summed E-state index contributed by atoms with van der Waals surface area (Å²) in [4.78, 5) is 26.8. The van der Waals surface area contributed by atoms with Crippen molar-refractivity contribution in [3.8, 4) is 0 Å². The highest BCUT2D eigenvalue weighted by Crippen LogP contribution is 2.22. The number of benzene rings is 2. The summed E-state index contributed by atoms with van der Waals surface area (Å²) in [6.07, 6.45) is 3.31. The van der Waals surface area contributed by atoms with Gasteiger partial charge in [0.1, 0.15) is 0 Å². The molecule has 27 heavy (non-hydrogen) atoms. The molecule has 0 bridgehead atoms. The Bertz CT molecular complexity index is 751. The van der Waals surface area contributed by atoms with Crippen LogP contribution < -0.4 is 10.6 Å². The first-order chi connectivity index (χ1) is 13.2. The van der Waals surface area contributed by atoms with Crippen molar-refractivity contribution in [1.82, 2.24) is 10.2 Å². The van der Waals surface area contributed by atoms with E-state index < -0.39 is 0 Å². The van der Waals surface area contributed by atoms with Gasteiger partial charge in [-0.15, -0.1) is 0 Å². The highest BCUT2D eigenvalue weighted by Gasteiger charge is 2.23. The third kappa shape index (κ3) is 5.17. The van der Waals surface area contributed by atoms with E-state index in [0.717, 1.165) is 32.5 Å². The molecule has 2 N–H and O–H groups in total. The second-order valence-corrected chi connectivity index (χ2v) is 7.03. The van der Waals surface area contributed by atoms with Crippen LogP contribution in [0.2, 0.25) is 0 Å². The molecule has 2 aromatic carbocycles. The number of carbonyl (C=O) groups is 2. The molecule has 1 fully saturated rings. The number of rotatable bonds is 6. The maximum absolute atomic E-state index is 12.7. The number of piperidine rings is 1. The van der Waals surface area contributed by atoms with E-state index in [1.165, 1.54) is 6.42 Å². The zero-order valence-electron chi connectivity index (χ0n) is 15.8. The topological polar surface area (TPSA) is 61.4 Å². The molecule has 2 aromatic rings. The lowest BCUT2D eigenvalue weighted by atomic mass is 9.93. The highest BCUT2D eigenvalue weighted by atomic mass is 16.2. The van der Waals surface area contributed by atoms with Crippen molar-refractivity contribution in [2.45, 2.75) is 19.3 Å². The van der Waals surface area contributed by atoms with Crippen LogP contribution in [0.1, 0.15) is 40.0 Å². The van der Waals surface area contributed by atoms with Crippen LogP contribution in [0.25, 0.3) is 0 Å². The number of likely N-dealkylation sites (tertiary alicyclic amines) is 1. The fraction of sp³-hybridized carbons (Fsp3) is 0.364. The van der Waals surface area contributed by atoms with Crippen molar-refractivity contribution in [3.05, 3.63) is 65.7 Å². The summed E-state index contributed by atoms with van der Waals surface area (Å²) in [5.41, 5.74) is 1.96. The van der Waals surface area contributed by atoms with E-state index >= 15 is 0 Å². The van der Waals surface area contributed by atoms with Crippen molar-refractivity contribution in [3.63, 3.8) is 0 Å². The lowest BCUT2D eigenvalue weighted by Crippen LogP contribution is -2.38. The Morgan fingerprint density at radius 1 is 0.963 bits per heavy atom. The number of anilines is 1. The van der Waals surface area contributed by atoms with Gasteiger partial charge in [0.2, 0.25) is 0 Å². The maximum Gasteiger partial charge on any atom is 0.255 e. The summed E-state index contributed by atoms with van der Waals surface area (Å²) >= 11 is 0. The number of nitrogens with one attached hydrogen (secondary N) is 2. The van der Waals surface area contributed by atoms with E-state index in [2.05, 4.69) is 10.6 Å². The van der Waals surface area contributed by atoms with Crippen LogP contribution in [-0.2, 0) is 0 Å². The molecule has 0 atom stereocenters. The SMILES string of the molecule is CNCCC1CCN(C(=O)c2ccc(NC(=O)c3ccccc3)cc2)CC1. The molecular formula is C22H27N3O2. The normalized spacial score (nSPS) is 14.8. The van der Waals surface area contributed by atoms with Crippen molar-refractivity contribution >= 4 is 17.5 Å². The van der Waals surface area contributed by atoms with Gasteiger partial charge in [0.05, 0.1) is 0 Å². The van der Waals surface area contributed by atoms with Crippen molar-refractivity contribution < 1.29 is 9.59 Å². The van der Waals surface area contributed by atoms with Crippen molar-refractivity contribution in [2.75, 3.05) is 32.0 Å². The zero-order chi connectivity index (χ0) is 19.1. The molecule has 3 rings (SSSR count). The Kier molecular flexibility index (Phi) is 6.60. The van der Waals surface area contributed by atoms with Crippen LogP contribution >= 0.6 is 0 Å². The Balaban J connectivity index is 1.54.